The Kier molecular flexibility index (Phi) is 5.70. The van der Waals surface area contributed by atoms with Crippen molar-refractivity contribution in [3.63, 3.8) is 0 Å². The molecule has 0 saturated carbocycles. The van der Waals surface area contributed by atoms with Crippen molar-refractivity contribution < 1.29 is 9.53 Å². The first-order valence-electron chi connectivity index (χ1n) is 8.44. The van der Waals surface area contributed by atoms with Gasteiger partial charge in [-0.05, 0) is 61.6 Å². The van der Waals surface area contributed by atoms with Crippen LogP contribution < -0.4 is 21.3 Å². The maximum Gasteiger partial charge on any atom is 0.263 e. The molecule has 0 bridgehead atoms. The van der Waals surface area contributed by atoms with Gasteiger partial charge >= 0.3 is 0 Å². The molecule has 0 aliphatic carbocycles. The van der Waals surface area contributed by atoms with Crippen LogP contribution in [0.5, 0.6) is 0 Å². The van der Waals surface area contributed by atoms with Crippen molar-refractivity contribution in [2.45, 2.75) is 12.5 Å². The monoisotopic (exact) mass is 370 g/mol. The fourth-order valence-electron chi connectivity index (χ4n) is 3.00. The third kappa shape index (κ3) is 3.95. The molecule has 4 N–H and O–H groups in total. The van der Waals surface area contributed by atoms with Gasteiger partial charge in [0.2, 0.25) is 0 Å². The van der Waals surface area contributed by atoms with Crippen molar-refractivity contribution in [3.05, 3.63) is 54.1 Å². The second kappa shape index (κ2) is 8.16. The molecule has 6 nitrogen and oxygen atoms in total. The standard InChI is InChI=1S/C19H22N4O2S/c1-25-19(26)23(15-10-11-21-12-15)14-8-6-13(7-9-14)18(24)22-17-5-3-2-4-16(17)20/h2-9,15,21H,10-12,20H2,1H3,(H,22,24)/t15-/m0/s1. The van der Waals surface area contributed by atoms with Crippen LogP contribution >= 0.6 is 12.2 Å². The molecule has 1 amide bonds. The highest BCUT2D eigenvalue weighted by Crippen LogP contribution is 2.23. The van der Waals surface area contributed by atoms with E-state index in [0.29, 0.717) is 22.1 Å². The molecule has 26 heavy (non-hydrogen) atoms. The summed E-state index contributed by atoms with van der Waals surface area (Å²) in [5, 5.41) is 6.58. The molecule has 3 rings (SSSR count). The summed E-state index contributed by atoms with van der Waals surface area (Å²) in [4.78, 5) is 14.4. The van der Waals surface area contributed by atoms with E-state index in [2.05, 4.69) is 10.6 Å². The van der Waals surface area contributed by atoms with E-state index >= 15 is 0 Å². The summed E-state index contributed by atoms with van der Waals surface area (Å²) in [6.07, 6.45) is 0.985. The number of para-hydroxylation sites is 2. The van der Waals surface area contributed by atoms with Gasteiger partial charge in [-0.1, -0.05) is 12.1 Å². The van der Waals surface area contributed by atoms with Crippen LogP contribution in [0.4, 0.5) is 17.1 Å². The molecule has 2 aromatic carbocycles. The zero-order chi connectivity index (χ0) is 18.5. The van der Waals surface area contributed by atoms with Gasteiger partial charge in [-0.25, -0.2) is 0 Å². The number of benzene rings is 2. The smallest absolute Gasteiger partial charge is 0.263 e. The average Bonchev–Trinajstić information content (AvgIpc) is 3.18. The predicted molar refractivity (Wildman–Crippen MR) is 109 cm³/mol. The molecule has 1 atom stereocenters. The van der Waals surface area contributed by atoms with Crippen LogP contribution in [0, 0.1) is 0 Å². The van der Waals surface area contributed by atoms with E-state index < -0.39 is 0 Å². The molecular formula is C19H22N4O2S. The van der Waals surface area contributed by atoms with Crippen LogP contribution in [-0.2, 0) is 4.74 Å². The van der Waals surface area contributed by atoms with Gasteiger partial charge in [-0.15, -0.1) is 0 Å². The summed E-state index contributed by atoms with van der Waals surface area (Å²) in [5.74, 6) is -0.210. The van der Waals surface area contributed by atoms with Gasteiger partial charge in [-0.2, -0.15) is 0 Å². The van der Waals surface area contributed by atoms with Crippen LogP contribution in [0.15, 0.2) is 48.5 Å². The number of rotatable bonds is 4. The first kappa shape index (κ1) is 18.2. The Bertz CT molecular complexity index is 788. The van der Waals surface area contributed by atoms with E-state index in [1.165, 1.54) is 0 Å². The van der Waals surface area contributed by atoms with Crippen LogP contribution in [0.2, 0.25) is 0 Å². The Hall–Kier alpha value is -2.64. The molecule has 1 heterocycles. The van der Waals surface area contributed by atoms with Crippen molar-refractivity contribution in [3.8, 4) is 0 Å². The van der Waals surface area contributed by atoms with E-state index in [4.69, 9.17) is 22.7 Å². The highest BCUT2D eigenvalue weighted by atomic mass is 32.1. The maximum atomic E-state index is 12.5. The highest BCUT2D eigenvalue weighted by molar-refractivity contribution is 7.80. The molecule has 136 valence electrons. The third-order valence-corrected chi connectivity index (χ3v) is 4.75. The van der Waals surface area contributed by atoms with Crippen molar-refractivity contribution in [1.29, 1.82) is 0 Å². The lowest BCUT2D eigenvalue weighted by atomic mass is 10.1. The number of carbonyl (C=O) groups is 1. The van der Waals surface area contributed by atoms with Crippen LogP contribution in [0.3, 0.4) is 0 Å². The van der Waals surface area contributed by atoms with Gasteiger partial charge in [0.1, 0.15) is 0 Å². The number of anilines is 3. The first-order chi connectivity index (χ1) is 12.6. The number of nitrogens with two attached hydrogens (primary N) is 1. The van der Waals surface area contributed by atoms with Gasteiger partial charge in [0.15, 0.2) is 0 Å². The van der Waals surface area contributed by atoms with E-state index in [9.17, 15) is 4.79 Å². The topological polar surface area (TPSA) is 79.6 Å². The minimum atomic E-state index is -0.210. The predicted octanol–water partition coefficient (Wildman–Crippen LogP) is 2.62. The molecule has 0 radical (unpaired) electrons. The normalized spacial score (nSPS) is 16.1. The van der Waals surface area contributed by atoms with E-state index in [-0.39, 0.29) is 11.9 Å². The maximum absolute atomic E-state index is 12.5. The van der Waals surface area contributed by atoms with Gasteiger partial charge < -0.3 is 21.1 Å². The number of amides is 1. The number of nitrogens with zero attached hydrogens (tertiary/aromatic N) is 1. The fourth-order valence-corrected chi connectivity index (χ4v) is 3.26. The number of nitrogens with one attached hydrogen (secondary N) is 2. The lowest BCUT2D eigenvalue weighted by Gasteiger charge is -2.29. The summed E-state index contributed by atoms with van der Waals surface area (Å²) in [7, 11) is 1.57. The fraction of sp³-hybridized carbons (Fsp3) is 0.263. The molecule has 7 heteroatoms. The summed E-state index contributed by atoms with van der Waals surface area (Å²) in [6.45, 7) is 1.80. The van der Waals surface area contributed by atoms with Gasteiger partial charge in [0.05, 0.1) is 24.5 Å². The lowest BCUT2D eigenvalue weighted by Crippen LogP contribution is -2.41. The molecule has 1 saturated heterocycles. The molecule has 1 aliphatic rings. The van der Waals surface area contributed by atoms with E-state index in [1.54, 1.807) is 31.4 Å². The second-order valence-electron chi connectivity index (χ2n) is 6.07. The average molecular weight is 370 g/mol. The molecule has 0 aromatic heterocycles. The lowest BCUT2D eigenvalue weighted by molar-refractivity contribution is 0.102. The Morgan fingerprint density at radius 2 is 2.00 bits per heavy atom. The van der Waals surface area contributed by atoms with Crippen LogP contribution in [0.1, 0.15) is 16.8 Å². The SMILES string of the molecule is COC(=S)N(c1ccc(C(=O)Nc2ccccc2N)cc1)[C@H]1CCNC1. The summed E-state index contributed by atoms with van der Waals surface area (Å²) in [5.41, 5.74) is 8.45. The minimum absolute atomic E-state index is 0.210. The number of thiocarbonyl (C=S) groups is 1. The Balaban J connectivity index is 1.77. The zero-order valence-electron chi connectivity index (χ0n) is 14.6. The summed E-state index contributed by atoms with van der Waals surface area (Å²) in [6, 6.07) is 14.7. The van der Waals surface area contributed by atoms with E-state index in [0.717, 1.165) is 25.2 Å². The second-order valence-corrected chi connectivity index (χ2v) is 6.42. The first-order valence-corrected chi connectivity index (χ1v) is 8.85. The molecule has 0 unspecified atom stereocenters. The van der Waals surface area contributed by atoms with Gasteiger partial charge in [0, 0.05) is 17.8 Å². The number of methoxy groups -OCH3 is 1. The van der Waals surface area contributed by atoms with Crippen molar-refractivity contribution in [2.24, 2.45) is 0 Å². The van der Waals surface area contributed by atoms with Crippen molar-refractivity contribution in [2.75, 3.05) is 36.1 Å². The van der Waals surface area contributed by atoms with Gasteiger partial charge in [-0.3, -0.25) is 9.69 Å². The molecule has 0 spiro atoms. The Labute approximate surface area is 158 Å². The molecular weight excluding hydrogens is 348 g/mol. The zero-order valence-corrected chi connectivity index (χ0v) is 15.4. The van der Waals surface area contributed by atoms with Gasteiger partial charge in [0.25, 0.3) is 11.1 Å². The molecule has 2 aromatic rings. The Morgan fingerprint density at radius 3 is 2.62 bits per heavy atom. The Morgan fingerprint density at radius 1 is 1.27 bits per heavy atom. The number of carbonyl (C=O) groups excluding carboxylic acids is 1. The minimum Gasteiger partial charge on any atom is -0.474 e. The van der Waals surface area contributed by atoms with Crippen molar-refractivity contribution >= 4 is 40.4 Å². The quantitative estimate of drug-likeness (QED) is 0.567. The number of ether oxygens (including phenoxy) is 1. The van der Waals surface area contributed by atoms with Crippen LogP contribution in [-0.4, -0.2) is 37.3 Å². The number of hydrogen-bond donors (Lipinski definition) is 3. The van der Waals surface area contributed by atoms with Crippen molar-refractivity contribution in [1.82, 2.24) is 5.32 Å². The molecule has 1 fully saturated rings. The summed E-state index contributed by atoms with van der Waals surface area (Å²) < 4.78 is 5.29. The highest BCUT2D eigenvalue weighted by Gasteiger charge is 2.26. The molecule has 1 aliphatic heterocycles. The number of nitrogen functional groups attached to an aromatic ring is 1. The summed E-state index contributed by atoms with van der Waals surface area (Å²) >= 11 is 5.36. The number of hydrogen-bond acceptors (Lipinski definition) is 5. The van der Waals surface area contributed by atoms with Crippen LogP contribution in [0.25, 0.3) is 0 Å². The third-order valence-electron chi connectivity index (χ3n) is 4.39. The van der Waals surface area contributed by atoms with E-state index in [1.807, 2.05) is 29.2 Å². The largest absolute Gasteiger partial charge is 0.474 e.